The van der Waals surface area contributed by atoms with E-state index in [2.05, 4.69) is 5.32 Å². The molecule has 0 aromatic carbocycles. The molecule has 0 radical (unpaired) electrons. The highest BCUT2D eigenvalue weighted by molar-refractivity contribution is 5.78. The molecule has 0 aliphatic carbocycles. The van der Waals surface area contributed by atoms with E-state index in [4.69, 9.17) is 4.74 Å². The molecule has 5 nitrogen and oxygen atoms in total. The molecule has 0 aromatic heterocycles. The van der Waals surface area contributed by atoms with E-state index in [9.17, 15) is 9.59 Å². The predicted octanol–water partition coefficient (Wildman–Crippen LogP) is 2.01. The molecule has 0 aliphatic rings. The normalized spacial score (nSPS) is 14.6. The zero-order valence-corrected chi connectivity index (χ0v) is 12.5. The van der Waals surface area contributed by atoms with E-state index in [-0.39, 0.29) is 23.5 Å². The van der Waals surface area contributed by atoms with Crippen LogP contribution < -0.4 is 5.32 Å². The fourth-order valence-corrected chi connectivity index (χ4v) is 1.61. The van der Waals surface area contributed by atoms with Crippen LogP contribution in [0.1, 0.15) is 41.0 Å². The van der Waals surface area contributed by atoms with Crippen LogP contribution in [-0.2, 0) is 9.53 Å². The summed E-state index contributed by atoms with van der Waals surface area (Å²) in [6, 6.07) is 0. The Hall–Kier alpha value is -1.26. The first kappa shape index (κ1) is 16.7. The highest BCUT2D eigenvalue weighted by Crippen LogP contribution is 2.11. The number of nitrogens with zero attached hydrogens (tertiary/aromatic N) is 1. The molecule has 0 bridgehead atoms. The highest BCUT2D eigenvalue weighted by atomic mass is 16.6. The number of carbonyl (C=O) groups excluding carboxylic acids is 2. The Bertz CT molecular complexity index is 295. The topological polar surface area (TPSA) is 58.6 Å². The predicted molar refractivity (Wildman–Crippen MR) is 71.3 cm³/mol. The van der Waals surface area contributed by atoms with E-state index < -0.39 is 6.09 Å². The Morgan fingerprint density at radius 3 is 2.11 bits per heavy atom. The minimum absolute atomic E-state index is 0.0432. The van der Waals surface area contributed by atoms with Gasteiger partial charge in [0.25, 0.3) is 0 Å². The number of hydrogen-bond acceptors (Lipinski definition) is 3. The second-order valence-corrected chi connectivity index (χ2v) is 5.96. The van der Waals surface area contributed by atoms with Gasteiger partial charge in [0.15, 0.2) is 0 Å². The number of carbonyl (C=O) groups is 2. The molecule has 2 atom stereocenters. The molecule has 2 amide bonds. The lowest BCUT2D eigenvalue weighted by atomic mass is 10.0. The third kappa shape index (κ3) is 7.14. The summed E-state index contributed by atoms with van der Waals surface area (Å²) < 4.78 is 5.21. The van der Waals surface area contributed by atoms with E-state index in [1.165, 1.54) is 0 Å². The second-order valence-electron chi connectivity index (χ2n) is 5.96. The van der Waals surface area contributed by atoms with Crippen molar-refractivity contribution in [3.05, 3.63) is 0 Å². The Balaban J connectivity index is 4.15. The van der Waals surface area contributed by atoms with Gasteiger partial charge in [-0.15, -0.1) is 0 Å². The lowest BCUT2D eigenvalue weighted by Gasteiger charge is -2.24. The van der Waals surface area contributed by atoms with Crippen LogP contribution in [0.15, 0.2) is 0 Å². The van der Waals surface area contributed by atoms with Gasteiger partial charge in [-0.05, 0) is 34.1 Å². The van der Waals surface area contributed by atoms with E-state index in [0.717, 1.165) is 0 Å². The number of nitrogens with one attached hydrogen (secondary N) is 1. The summed E-state index contributed by atoms with van der Waals surface area (Å²) in [5.41, 5.74) is -0.318. The molecule has 0 fully saturated rings. The van der Waals surface area contributed by atoms with Crippen LogP contribution in [0.25, 0.3) is 0 Å². The van der Waals surface area contributed by atoms with Gasteiger partial charge in [-0.2, -0.15) is 0 Å². The quantitative estimate of drug-likeness (QED) is 0.839. The molecule has 0 rings (SSSR count). The smallest absolute Gasteiger partial charge is 0.407 e. The molecule has 106 valence electrons. The van der Waals surface area contributed by atoms with E-state index in [1.54, 1.807) is 25.9 Å². The lowest BCUT2D eigenvalue weighted by molar-refractivity contribution is -0.133. The maximum absolute atomic E-state index is 11.7. The van der Waals surface area contributed by atoms with Crippen LogP contribution in [0.2, 0.25) is 0 Å². The summed E-state index contributed by atoms with van der Waals surface area (Å²) in [6.45, 7) is 9.29. The molecule has 1 N–H and O–H groups in total. The van der Waals surface area contributed by atoms with Gasteiger partial charge in [0.1, 0.15) is 6.10 Å². The molecule has 0 saturated carbocycles. The van der Waals surface area contributed by atoms with Crippen molar-refractivity contribution in [2.45, 2.75) is 52.7 Å². The van der Waals surface area contributed by atoms with Crippen molar-refractivity contribution >= 4 is 12.0 Å². The minimum Gasteiger partial charge on any atom is -0.447 e. The third-order valence-electron chi connectivity index (χ3n) is 2.33. The molecule has 0 saturated heterocycles. The Morgan fingerprint density at radius 1 is 1.22 bits per heavy atom. The summed E-state index contributed by atoms with van der Waals surface area (Å²) in [7, 11) is 3.44. The Labute approximate surface area is 110 Å². The van der Waals surface area contributed by atoms with Crippen molar-refractivity contribution in [1.29, 1.82) is 0 Å². The fourth-order valence-electron chi connectivity index (χ4n) is 1.61. The molecular weight excluding hydrogens is 232 g/mol. The molecule has 18 heavy (non-hydrogen) atoms. The Morgan fingerprint density at radius 2 is 1.72 bits per heavy atom. The summed E-state index contributed by atoms with van der Waals surface area (Å²) in [5.74, 6) is -0.112. The van der Waals surface area contributed by atoms with E-state index in [1.807, 2.05) is 27.7 Å². The first-order valence-electron chi connectivity index (χ1n) is 6.23. The standard InChI is InChI=1S/C13H26N2O3/c1-9(11(16)15(6)7)8-10(2)18-12(17)14-13(3,4)5/h9-10H,8H2,1-7H3,(H,14,17). The molecule has 5 heteroatoms. The molecular formula is C13H26N2O3. The lowest BCUT2D eigenvalue weighted by Crippen LogP contribution is -2.42. The van der Waals surface area contributed by atoms with Gasteiger partial charge in [-0.1, -0.05) is 6.92 Å². The zero-order chi connectivity index (χ0) is 14.5. The van der Waals surface area contributed by atoms with Gasteiger partial charge in [-0.25, -0.2) is 4.79 Å². The summed E-state index contributed by atoms with van der Waals surface area (Å²) in [5, 5.41) is 2.72. The highest BCUT2D eigenvalue weighted by Gasteiger charge is 2.21. The summed E-state index contributed by atoms with van der Waals surface area (Å²) in [6.07, 6.45) is -0.208. The molecule has 0 aromatic rings. The van der Waals surface area contributed by atoms with Gasteiger partial charge in [0.2, 0.25) is 5.91 Å². The minimum atomic E-state index is -0.445. The zero-order valence-electron chi connectivity index (χ0n) is 12.5. The largest absolute Gasteiger partial charge is 0.447 e. The van der Waals surface area contributed by atoms with Gasteiger partial charge in [-0.3, -0.25) is 4.79 Å². The number of rotatable bonds is 4. The van der Waals surface area contributed by atoms with Crippen molar-refractivity contribution in [1.82, 2.24) is 10.2 Å². The number of ether oxygens (including phenoxy) is 1. The van der Waals surface area contributed by atoms with Crippen LogP contribution >= 0.6 is 0 Å². The summed E-state index contributed by atoms with van der Waals surface area (Å²) >= 11 is 0. The van der Waals surface area contributed by atoms with Crippen molar-refractivity contribution < 1.29 is 14.3 Å². The van der Waals surface area contributed by atoms with Crippen LogP contribution in [-0.4, -0.2) is 42.6 Å². The van der Waals surface area contributed by atoms with Crippen LogP contribution in [0.4, 0.5) is 4.79 Å². The van der Waals surface area contributed by atoms with Gasteiger partial charge >= 0.3 is 6.09 Å². The maximum atomic E-state index is 11.7. The molecule has 2 unspecified atom stereocenters. The average molecular weight is 258 g/mol. The number of hydrogen-bond donors (Lipinski definition) is 1. The van der Waals surface area contributed by atoms with Crippen LogP contribution in [0.5, 0.6) is 0 Å². The van der Waals surface area contributed by atoms with Crippen LogP contribution in [0, 0.1) is 5.92 Å². The van der Waals surface area contributed by atoms with Gasteiger partial charge < -0.3 is 15.0 Å². The maximum Gasteiger partial charge on any atom is 0.407 e. The SMILES string of the molecule is CC(CC(C)C(=O)N(C)C)OC(=O)NC(C)(C)C. The molecule has 0 spiro atoms. The number of amides is 2. The van der Waals surface area contributed by atoms with Gasteiger partial charge in [0.05, 0.1) is 0 Å². The third-order valence-corrected chi connectivity index (χ3v) is 2.33. The fraction of sp³-hybridized carbons (Fsp3) is 0.846. The first-order chi connectivity index (χ1) is 8.03. The monoisotopic (exact) mass is 258 g/mol. The van der Waals surface area contributed by atoms with Gasteiger partial charge in [0, 0.05) is 25.6 Å². The average Bonchev–Trinajstić information content (AvgIpc) is 2.12. The van der Waals surface area contributed by atoms with Crippen molar-refractivity contribution in [3.63, 3.8) is 0 Å². The van der Waals surface area contributed by atoms with Crippen molar-refractivity contribution in [3.8, 4) is 0 Å². The summed E-state index contributed by atoms with van der Waals surface area (Å²) in [4.78, 5) is 24.7. The molecule has 0 aliphatic heterocycles. The molecule has 0 heterocycles. The number of alkyl carbamates (subject to hydrolysis) is 1. The Kier molecular flexibility index (Phi) is 6.15. The van der Waals surface area contributed by atoms with Crippen LogP contribution in [0.3, 0.4) is 0 Å². The van der Waals surface area contributed by atoms with E-state index >= 15 is 0 Å². The van der Waals surface area contributed by atoms with Crippen molar-refractivity contribution in [2.24, 2.45) is 5.92 Å². The van der Waals surface area contributed by atoms with E-state index in [0.29, 0.717) is 6.42 Å². The first-order valence-corrected chi connectivity index (χ1v) is 6.23. The van der Waals surface area contributed by atoms with Crippen molar-refractivity contribution in [2.75, 3.05) is 14.1 Å². The second kappa shape index (κ2) is 6.61.